The second kappa shape index (κ2) is 10.2. The Morgan fingerprint density at radius 2 is 1.81 bits per heavy atom. The molecule has 12 heteroatoms. The molecule has 1 aromatic rings. The smallest absolute Gasteiger partial charge is 0.328 e. The third-order valence-corrected chi connectivity index (χ3v) is 5.25. The van der Waals surface area contributed by atoms with E-state index in [0.29, 0.717) is 5.56 Å². The third kappa shape index (κ3) is 5.26. The maximum atomic E-state index is 10.6. The van der Waals surface area contributed by atoms with Crippen molar-refractivity contribution in [3.8, 4) is 5.75 Å². The van der Waals surface area contributed by atoms with E-state index < -0.39 is 74.5 Å². The third-order valence-electron chi connectivity index (χ3n) is 5.25. The van der Waals surface area contributed by atoms with E-state index in [4.69, 9.17) is 24.1 Å². The Bertz CT molecular complexity index is 798. The molecule has 7 N–H and O–H groups in total. The van der Waals surface area contributed by atoms with Gasteiger partial charge in [-0.05, 0) is 23.8 Å². The van der Waals surface area contributed by atoms with E-state index in [9.17, 15) is 35.4 Å². The van der Waals surface area contributed by atoms with Gasteiger partial charge in [0.2, 0.25) is 6.29 Å². The van der Waals surface area contributed by atoms with E-state index >= 15 is 0 Å². The first kappa shape index (κ1) is 24.5. The predicted molar refractivity (Wildman–Crippen MR) is 104 cm³/mol. The van der Waals surface area contributed by atoms with Crippen molar-refractivity contribution in [3.63, 3.8) is 0 Å². The molecule has 2 aliphatic rings. The molecule has 1 aromatic carbocycles. The van der Waals surface area contributed by atoms with Crippen molar-refractivity contribution in [2.45, 2.75) is 48.7 Å². The van der Waals surface area contributed by atoms with Gasteiger partial charge in [0.05, 0.1) is 19.8 Å². The predicted octanol–water partition coefficient (Wildman–Crippen LogP) is -2.57. The van der Waals surface area contributed by atoms with E-state index in [1.807, 2.05) is 0 Å². The molecule has 0 saturated carbocycles. The van der Waals surface area contributed by atoms with Crippen LogP contribution in [0.1, 0.15) is 5.56 Å². The molecule has 2 saturated heterocycles. The van der Waals surface area contributed by atoms with Crippen LogP contribution in [-0.2, 0) is 19.0 Å². The fourth-order valence-electron chi connectivity index (χ4n) is 3.32. The number of carboxylic acid groups (broad SMARTS) is 1. The second-order valence-corrected chi connectivity index (χ2v) is 7.55. The molecule has 0 radical (unpaired) electrons. The van der Waals surface area contributed by atoms with Crippen molar-refractivity contribution in [2.75, 3.05) is 19.8 Å². The largest absolute Gasteiger partial charge is 0.478 e. The maximum Gasteiger partial charge on any atom is 0.328 e. The Hall–Kier alpha value is -2.13. The summed E-state index contributed by atoms with van der Waals surface area (Å²) in [5.74, 6) is -0.871. The van der Waals surface area contributed by atoms with E-state index in [1.165, 1.54) is 18.2 Å². The van der Waals surface area contributed by atoms with Crippen molar-refractivity contribution >= 4 is 12.0 Å². The summed E-state index contributed by atoms with van der Waals surface area (Å²) in [5.41, 5.74) is -1.39. The average molecular weight is 458 g/mol. The topological polar surface area (TPSA) is 196 Å². The number of carboxylic acids is 1. The lowest BCUT2D eigenvalue weighted by molar-refractivity contribution is -0.318. The van der Waals surface area contributed by atoms with Gasteiger partial charge in [0.25, 0.3) is 0 Å². The molecule has 178 valence electrons. The SMILES string of the molecule is O=C(O)/C=C\c1ccc(O[C@@H]2O[C@H](CO)[C@@H](O)[C@H](O)[C@H]2O[C@@H]2OC[C@@](O)(CO)[C@H]2O)cc1. The molecule has 0 aromatic heterocycles. The number of aliphatic carboxylic acids is 1. The lowest BCUT2D eigenvalue weighted by Crippen LogP contribution is -2.62. The zero-order valence-electron chi connectivity index (χ0n) is 16.8. The van der Waals surface area contributed by atoms with Gasteiger partial charge in [-0.2, -0.15) is 0 Å². The van der Waals surface area contributed by atoms with Crippen LogP contribution >= 0.6 is 0 Å². The summed E-state index contributed by atoms with van der Waals surface area (Å²) in [7, 11) is 0. The quantitative estimate of drug-likeness (QED) is 0.201. The van der Waals surface area contributed by atoms with Crippen LogP contribution in [0.25, 0.3) is 6.08 Å². The maximum absolute atomic E-state index is 10.6. The molecule has 2 aliphatic heterocycles. The van der Waals surface area contributed by atoms with Gasteiger partial charge in [0.1, 0.15) is 35.8 Å². The van der Waals surface area contributed by atoms with Crippen LogP contribution in [0.15, 0.2) is 30.3 Å². The standard InChI is InChI=1S/C20H26O12/c21-7-12-14(25)15(26)16(32-19-17(27)20(28,8-22)9-29-19)18(31-12)30-11-4-1-10(2-5-11)3-6-13(23)24/h1-6,12,14-19,21-22,25-28H,7-9H2,(H,23,24)/b6-3-/t12-,14-,15+,16-,17+,18-,19+,20+/m1/s1. The summed E-state index contributed by atoms with van der Waals surface area (Å²) in [6.07, 6.45) is -7.95. The minimum atomic E-state index is -1.97. The van der Waals surface area contributed by atoms with Gasteiger partial charge >= 0.3 is 5.97 Å². The fourth-order valence-corrected chi connectivity index (χ4v) is 3.32. The summed E-state index contributed by atoms with van der Waals surface area (Å²) in [6.45, 7) is -1.86. The molecule has 0 aliphatic carbocycles. The number of benzene rings is 1. The van der Waals surface area contributed by atoms with Crippen molar-refractivity contribution in [2.24, 2.45) is 0 Å². The van der Waals surface area contributed by atoms with Crippen LogP contribution < -0.4 is 4.74 Å². The Balaban J connectivity index is 1.76. The van der Waals surface area contributed by atoms with Crippen LogP contribution in [0.5, 0.6) is 5.75 Å². The van der Waals surface area contributed by atoms with Crippen LogP contribution in [0.4, 0.5) is 0 Å². The van der Waals surface area contributed by atoms with Gasteiger partial charge in [-0.15, -0.1) is 0 Å². The Morgan fingerprint density at radius 3 is 2.38 bits per heavy atom. The minimum absolute atomic E-state index is 0.233. The van der Waals surface area contributed by atoms with Crippen molar-refractivity contribution in [3.05, 3.63) is 35.9 Å². The summed E-state index contributed by atoms with van der Waals surface area (Å²) >= 11 is 0. The highest BCUT2D eigenvalue weighted by Gasteiger charge is 2.53. The number of aliphatic hydroxyl groups excluding tert-OH is 5. The molecule has 0 unspecified atom stereocenters. The summed E-state index contributed by atoms with van der Waals surface area (Å²) < 4.78 is 22.0. The fraction of sp³-hybridized carbons (Fsp3) is 0.550. The van der Waals surface area contributed by atoms with Gasteiger partial charge < -0.3 is 54.7 Å². The Labute approximate surface area is 182 Å². The molecule has 2 fully saturated rings. The van der Waals surface area contributed by atoms with Gasteiger partial charge in [-0.3, -0.25) is 0 Å². The van der Waals surface area contributed by atoms with Gasteiger partial charge in [-0.25, -0.2) is 4.79 Å². The molecule has 2 heterocycles. The van der Waals surface area contributed by atoms with Gasteiger partial charge in [0.15, 0.2) is 12.4 Å². The molecule has 12 nitrogen and oxygen atoms in total. The first-order valence-corrected chi connectivity index (χ1v) is 9.77. The highest BCUT2D eigenvalue weighted by Crippen LogP contribution is 2.32. The number of hydrogen-bond donors (Lipinski definition) is 7. The van der Waals surface area contributed by atoms with E-state index in [1.54, 1.807) is 12.1 Å². The molecule has 0 spiro atoms. The zero-order chi connectivity index (χ0) is 23.5. The van der Waals surface area contributed by atoms with E-state index in [-0.39, 0.29) is 5.75 Å². The second-order valence-electron chi connectivity index (χ2n) is 7.55. The first-order chi connectivity index (χ1) is 15.2. The molecule has 0 bridgehead atoms. The summed E-state index contributed by atoms with van der Waals surface area (Å²) in [5, 5.41) is 68.5. The molecule has 0 amide bonds. The molecule has 3 rings (SSSR count). The van der Waals surface area contributed by atoms with Crippen LogP contribution in [0.3, 0.4) is 0 Å². The highest BCUT2D eigenvalue weighted by atomic mass is 16.8. The Kier molecular flexibility index (Phi) is 7.82. The van der Waals surface area contributed by atoms with Crippen LogP contribution in [0, 0.1) is 0 Å². The number of ether oxygens (including phenoxy) is 4. The number of aliphatic hydroxyl groups is 6. The average Bonchev–Trinajstić information content (AvgIpc) is 3.07. The van der Waals surface area contributed by atoms with Crippen molar-refractivity contribution < 1.29 is 59.5 Å². The monoisotopic (exact) mass is 458 g/mol. The lowest BCUT2D eigenvalue weighted by Gasteiger charge is -2.42. The number of rotatable bonds is 8. The van der Waals surface area contributed by atoms with Crippen LogP contribution in [-0.4, -0.2) is 110 Å². The minimum Gasteiger partial charge on any atom is -0.478 e. The zero-order valence-corrected chi connectivity index (χ0v) is 16.8. The first-order valence-electron chi connectivity index (χ1n) is 9.77. The Morgan fingerprint density at radius 1 is 1.12 bits per heavy atom. The lowest BCUT2D eigenvalue weighted by atomic mass is 9.98. The highest BCUT2D eigenvalue weighted by molar-refractivity contribution is 5.85. The van der Waals surface area contributed by atoms with E-state index in [0.717, 1.165) is 6.08 Å². The van der Waals surface area contributed by atoms with Crippen LogP contribution in [0.2, 0.25) is 0 Å². The normalized spacial score (nSPS) is 37.6. The summed E-state index contributed by atoms with van der Waals surface area (Å²) in [6, 6.07) is 6.12. The molecular formula is C20H26O12. The van der Waals surface area contributed by atoms with Gasteiger partial charge in [0, 0.05) is 6.08 Å². The van der Waals surface area contributed by atoms with Crippen molar-refractivity contribution in [1.29, 1.82) is 0 Å². The van der Waals surface area contributed by atoms with E-state index in [2.05, 4.69) is 0 Å². The number of hydrogen-bond acceptors (Lipinski definition) is 11. The summed E-state index contributed by atoms with van der Waals surface area (Å²) in [4.78, 5) is 10.6. The molecular weight excluding hydrogens is 432 g/mol. The van der Waals surface area contributed by atoms with Gasteiger partial charge in [-0.1, -0.05) is 12.1 Å². The number of carbonyl (C=O) groups is 1. The molecule has 8 atom stereocenters. The molecule has 32 heavy (non-hydrogen) atoms. The van der Waals surface area contributed by atoms with Crippen molar-refractivity contribution in [1.82, 2.24) is 0 Å².